The molecule has 2 heterocycles. The molecule has 6 heteroatoms. The van der Waals surface area contributed by atoms with Crippen LogP contribution in [0.1, 0.15) is 23.0 Å². The van der Waals surface area contributed by atoms with Gasteiger partial charge in [0.05, 0.1) is 18.0 Å². The minimum absolute atomic E-state index is 0.251. The number of esters is 1. The average molecular weight is 339 g/mol. The maximum atomic E-state index is 13.0. The highest BCUT2D eigenvalue weighted by Crippen LogP contribution is 2.19. The number of ether oxygens (including phenoxy) is 1. The van der Waals surface area contributed by atoms with Gasteiger partial charge in [0.2, 0.25) is 0 Å². The molecule has 0 spiro atoms. The van der Waals surface area contributed by atoms with E-state index in [9.17, 15) is 9.18 Å². The molecule has 0 aliphatic rings. The molecule has 0 bridgehead atoms. The molecule has 5 nitrogen and oxygen atoms in total. The summed E-state index contributed by atoms with van der Waals surface area (Å²) in [6.45, 7) is 2.58. The molecule has 0 unspecified atom stereocenters. The molecule has 0 amide bonds. The summed E-state index contributed by atoms with van der Waals surface area (Å²) in [7, 11) is 0. The second-order valence-electron chi connectivity index (χ2n) is 5.45. The quantitative estimate of drug-likeness (QED) is 0.645. The van der Waals surface area contributed by atoms with E-state index in [1.54, 1.807) is 36.0 Å². The Morgan fingerprint density at radius 3 is 2.68 bits per heavy atom. The Bertz CT molecular complexity index is 845. The Morgan fingerprint density at radius 2 is 2.00 bits per heavy atom. The standard InChI is InChI=1S/C19H18FN3O2/c1-2-25-19(24)17-13-18(16-5-3-4-11-21-16)23(22-17)12-10-14-6-8-15(20)9-7-14/h3-9,11,13H,2,10,12H2,1H3. The van der Waals surface area contributed by atoms with Gasteiger partial charge in [-0.2, -0.15) is 5.10 Å². The highest BCUT2D eigenvalue weighted by Gasteiger charge is 2.17. The van der Waals surface area contributed by atoms with E-state index < -0.39 is 5.97 Å². The summed E-state index contributed by atoms with van der Waals surface area (Å²) < 4.78 is 19.8. The summed E-state index contributed by atoms with van der Waals surface area (Å²) in [6.07, 6.45) is 2.35. The summed E-state index contributed by atoms with van der Waals surface area (Å²) in [5, 5.41) is 4.37. The summed E-state index contributed by atoms with van der Waals surface area (Å²) >= 11 is 0. The van der Waals surface area contributed by atoms with Gasteiger partial charge in [0.1, 0.15) is 5.82 Å². The molecule has 0 atom stereocenters. The van der Waals surface area contributed by atoms with Crippen molar-refractivity contribution in [3.05, 3.63) is 71.8 Å². The summed E-state index contributed by atoms with van der Waals surface area (Å²) in [4.78, 5) is 16.3. The molecule has 3 rings (SSSR count). The number of halogens is 1. The van der Waals surface area contributed by atoms with Crippen molar-refractivity contribution in [2.75, 3.05) is 6.61 Å². The third-order valence-corrected chi connectivity index (χ3v) is 3.72. The molecule has 3 aromatic rings. The van der Waals surface area contributed by atoms with Crippen molar-refractivity contribution in [2.45, 2.75) is 19.9 Å². The third-order valence-electron chi connectivity index (χ3n) is 3.72. The lowest BCUT2D eigenvalue weighted by atomic mass is 10.1. The first-order chi connectivity index (χ1) is 12.2. The van der Waals surface area contributed by atoms with Gasteiger partial charge in [0.15, 0.2) is 5.69 Å². The zero-order chi connectivity index (χ0) is 17.6. The van der Waals surface area contributed by atoms with Crippen molar-refractivity contribution in [1.29, 1.82) is 0 Å². The van der Waals surface area contributed by atoms with Gasteiger partial charge in [-0.3, -0.25) is 9.67 Å². The highest BCUT2D eigenvalue weighted by atomic mass is 19.1. The zero-order valence-corrected chi connectivity index (χ0v) is 13.9. The van der Waals surface area contributed by atoms with E-state index in [0.29, 0.717) is 19.6 Å². The second-order valence-corrected chi connectivity index (χ2v) is 5.45. The van der Waals surface area contributed by atoms with Gasteiger partial charge in [-0.05, 0) is 43.2 Å². The SMILES string of the molecule is CCOC(=O)c1cc(-c2ccccn2)n(CCc2ccc(F)cc2)n1. The molecule has 2 aromatic heterocycles. The largest absolute Gasteiger partial charge is 0.461 e. The molecule has 0 aliphatic heterocycles. The molecular weight excluding hydrogens is 321 g/mol. The van der Waals surface area contributed by atoms with E-state index in [1.165, 1.54) is 12.1 Å². The van der Waals surface area contributed by atoms with Crippen LogP contribution in [-0.4, -0.2) is 27.3 Å². The van der Waals surface area contributed by atoms with Crippen molar-refractivity contribution in [3.63, 3.8) is 0 Å². The maximum Gasteiger partial charge on any atom is 0.358 e. The normalized spacial score (nSPS) is 10.6. The molecule has 0 saturated carbocycles. The van der Waals surface area contributed by atoms with E-state index in [1.807, 2.05) is 18.2 Å². The van der Waals surface area contributed by atoms with Crippen molar-refractivity contribution >= 4 is 5.97 Å². The Balaban J connectivity index is 1.87. The molecule has 25 heavy (non-hydrogen) atoms. The maximum absolute atomic E-state index is 13.0. The number of aryl methyl sites for hydroxylation is 2. The molecule has 0 N–H and O–H groups in total. The first-order valence-corrected chi connectivity index (χ1v) is 8.08. The minimum atomic E-state index is -0.458. The van der Waals surface area contributed by atoms with Crippen molar-refractivity contribution in [2.24, 2.45) is 0 Å². The van der Waals surface area contributed by atoms with Gasteiger partial charge in [0.25, 0.3) is 0 Å². The molecule has 0 saturated heterocycles. The summed E-state index contributed by atoms with van der Waals surface area (Å²) in [6, 6.07) is 13.6. The van der Waals surface area contributed by atoms with Gasteiger partial charge in [-0.15, -0.1) is 0 Å². The van der Waals surface area contributed by atoms with Crippen LogP contribution in [0.15, 0.2) is 54.7 Å². The third kappa shape index (κ3) is 4.09. The smallest absolute Gasteiger partial charge is 0.358 e. The van der Waals surface area contributed by atoms with Gasteiger partial charge in [0, 0.05) is 18.8 Å². The number of aromatic nitrogens is 3. The summed E-state index contributed by atoms with van der Waals surface area (Å²) in [5.74, 6) is -0.721. The number of hydrogen-bond acceptors (Lipinski definition) is 4. The molecule has 0 aliphatic carbocycles. The number of nitrogens with zero attached hydrogens (tertiary/aromatic N) is 3. The van der Waals surface area contributed by atoms with Crippen LogP contribution in [0.25, 0.3) is 11.4 Å². The van der Waals surface area contributed by atoms with Gasteiger partial charge >= 0.3 is 5.97 Å². The van der Waals surface area contributed by atoms with Gasteiger partial charge in [-0.25, -0.2) is 9.18 Å². The Hall–Kier alpha value is -3.02. The van der Waals surface area contributed by atoms with Crippen molar-refractivity contribution < 1.29 is 13.9 Å². The van der Waals surface area contributed by atoms with Crippen LogP contribution in [0.4, 0.5) is 4.39 Å². The van der Waals surface area contributed by atoms with Gasteiger partial charge < -0.3 is 4.74 Å². The molecule has 1 aromatic carbocycles. The fourth-order valence-electron chi connectivity index (χ4n) is 2.50. The highest BCUT2D eigenvalue weighted by molar-refractivity contribution is 5.88. The lowest BCUT2D eigenvalue weighted by Gasteiger charge is -2.07. The number of carbonyl (C=O) groups is 1. The first kappa shape index (κ1) is 16.8. The Kier molecular flexibility index (Phi) is 5.18. The van der Waals surface area contributed by atoms with Gasteiger partial charge in [-0.1, -0.05) is 18.2 Å². The number of carbonyl (C=O) groups excluding carboxylic acids is 1. The number of benzene rings is 1. The van der Waals surface area contributed by atoms with Crippen LogP contribution in [0.3, 0.4) is 0 Å². The number of pyridine rings is 1. The van der Waals surface area contributed by atoms with Crippen LogP contribution in [0, 0.1) is 5.82 Å². The van der Waals surface area contributed by atoms with Crippen LogP contribution in [0.2, 0.25) is 0 Å². The topological polar surface area (TPSA) is 57.0 Å². The first-order valence-electron chi connectivity index (χ1n) is 8.08. The van der Waals surface area contributed by atoms with Crippen molar-refractivity contribution in [3.8, 4) is 11.4 Å². The van der Waals surface area contributed by atoms with E-state index in [-0.39, 0.29) is 11.5 Å². The number of hydrogen-bond donors (Lipinski definition) is 0. The number of rotatable bonds is 6. The average Bonchev–Trinajstić information content (AvgIpc) is 3.07. The van der Waals surface area contributed by atoms with Crippen LogP contribution < -0.4 is 0 Å². The van der Waals surface area contributed by atoms with E-state index in [4.69, 9.17) is 4.74 Å². The Morgan fingerprint density at radius 1 is 1.20 bits per heavy atom. The van der Waals surface area contributed by atoms with Crippen molar-refractivity contribution in [1.82, 2.24) is 14.8 Å². The Labute approximate surface area is 145 Å². The zero-order valence-electron chi connectivity index (χ0n) is 13.9. The van der Waals surface area contributed by atoms with E-state index in [2.05, 4.69) is 10.1 Å². The lowest BCUT2D eigenvalue weighted by Crippen LogP contribution is -2.09. The lowest BCUT2D eigenvalue weighted by molar-refractivity contribution is 0.0518. The fraction of sp³-hybridized carbons (Fsp3) is 0.211. The second kappa shape index (κ2) is 7.70. The van der Waals surface area contributed by atoms with Crippen LogP contribution in [-0.2, 0) is 17.7 Å². The monoisotopic (exact) mass is 339 g/mol. The molecule has 128 valence electrons. The predicted molar refractivity (Wildman–Crippen MR) is 91.5 cm³/mol. The molecular formula is C19H18FN3O2. The minimum Gasteiger partial charge on any atom is -0.461 e. The van der Waals surface area contributed by atoms with Crippen LogP contribution >= 0.6 is 0 Å². The van der Waals surface area contributed by atoms with E-state index in [0.717, 1.165) is 17.0 Å². The fourth-order valence-corrected chi connectivity index (χ4v) is 2.50. The van der Waals surface area contributed by atoms with Crippen LogP contribution in [0.5, 0.6) is 0 Å². The summed E-state index contributed by atoms with van der Waals surface area (Å²) in [5.41, 5.74) is 2.71. The predicted octanol–water partition coefficient (Wildman–Crippen LogP) is 3.50. The van der Waals surface area contributed by atoms with E-state index >= 15 is 0 Å². The molecule has 0 radical (unpaired) electrons. The molecule has 0 fully saturated rings.